The van der Waals surface area contributed by atoms with Gasteiger partial charge in [-0.05, 0) is 31.4 Å². The molecule has 1 fully saturated rings. The van der Waals surface area contributed by atoms with E-state index in [1.165, 1.54) is 6.42 Å². The van der Waals surface area contributed by atoms with Crippen LogP contribution in [0.25, 0.3) is 0 Å². The molecule has 140 valence electrons. The Labute approximate surface area is 154 Å². The van der Waals surface area contributed by atoms with Crippen LogP contribution in [0.15, 0.2) is 40.3 Å². The SMILES string of the molecule is COC1=CC=C(OC)C2C=C(CCNC(=O)C3CCCCC3)C(=O)N=C12. The van der Waals surface area contributed by atoms with Crippen molar-refractivity contribution in [1.29, 1.82) is 0 Å². The van der Waals surface area contributed by atoms with Gasteiger partial charge in [0.15, 0.2) is 0 Å². The summed E-state index contributed by atoms with van der Waals surface area (Å²) in [4.78, 5) is 28.8. The van der Waals surface area contributed by atoms with Crippen LogP contribution in [-0.2, 0) is 19.1 Å². The average Bonchev–Trinajstić information content (AvgIpc) is 2.68. The van der Waals surface area contributed by atoms with E-state index in [-0.39, 0.29) is 23.7 Å². The monoisotopic (exact) mass is 358 g/mol. The van der Waals surface area contributed by atoms with E-state index in [4.69, 9.17) is 9.47 Å². The second-order valence-electron chi connectivity index (χ2n) is 6.86. The van der Waals surface area contributed by atoms with Crippen LogP contribution in [0.3, 0.4) is 0 Å². The molecule has 0 spiro atoms. The molecule has 1 atom stereocenters. The van der Waals surface area contributed by atoms with E-state index in [2.05, 4.69) is 10.3 Å². The van der Waals surface area contributed by atoms with Crippen molar-refractivity contribution in [1.82, 2.24) is 5.32 Å². The number of fused-ring (bicyclic) bond motifs is 1. The summed E-state index contributed by atoms with van der Waals surface area (Å²) >= 11 is 0. The maximum Gasteiger partial charge on any atom is 0.273 e. The van der Waals surface area contributed by atoms with Gasteiger partial charge in [-0.2, -0.15) is 0 Å². The summed E-state index contributed by atoms with van der Waals surface area (Å²) in [6, 6.07) is 0. The quantitative estimate of drug-likeness (QED) is 0.792. The number of nitrogens with zero attached hydrogens (tertiary/aromatic N) is 1. The number of rotatable bonds is 6. The third-order valence-electron chi connectivity index (χ3n) is 5.24. The fraction of sp³-hybridized carbons (Fsp3) is 0.550. The van der Waals surface area contributed by atoms with Crippen LogP contribution in [0, 0.1) is 11.8 Å². The molecule has 1 heterocycles. The maximum atomic E-state index is 12.4. The van der Waals surface area contributed by atoms with Gasteiger partial charge in [-0.1, -0.05) is 25.3 Å². The number of carbonyl (C=O) groups is 2. The second kappa shape index (κ2) is 8.34. The fourth-order valence-electron chi connectivity index (χ4n) is 3.76. The van der Waals surface area contributed by atoms with E-state index in [1.54, 1.807) is 20.3 Å². The number of methoxy groups -OCH3 is 2. The highest BCUT2D eigenvalue weighted by Crippen LogP contribution is 2.30. The van der Waals surface area contributed by atoms with Gasteiger partial charge >= 0.3 is 0 Å². The van der Waals surface area contributed by atoms with Gasteiger partial charge in [0.25, 0.3) is 5.91 Å². The first-order valence-electron chi connectivity index (χ1n) is 9.25. The van der Waals surface area contributed by atoms with Crippen LogP contribution < -0.4 is 5.32 Å². The van der Waals surface area contributed by atoms with Crippen molar-refractivity contribution in [2.45, 2.75) is 38.5 Å². The molecule has 1 saturated carbocycles. The third-order valence-corrected chi connectivity index (χ3v) is 5.24. The van der Waals surface area contributed by atoms with Crippen molar-refractivity contribution in [3.05, 3.63) is 35.3 Å². The molecule has 26 heavy (non-hydrogen) atoms. The molecule has 0 aromatic heterocycles. The van der Waals surface area contributed by atoms with E-state index in [9.17, 15) is 9.59 Å². The minimum absolute atomic E-state index is 0.109. The largest absolute Gasteiger partial charge is 0.500 e. The van der Waals surface area contributed by atoms with Gasteiger partial charge in [0.2, 0.25) is 5.91 Å². The summed E-state index contributed by atoms with van der Waals surface area (Å²) in [6.45, 7) is 0.448. The fourth-order valence-corrected chi connectivity index (χ4v) is 3.76. The predicted molar refractivity (Wildman–Crippen MR) is 98.4 cm³/mol. The Morgan fingerprint density at radius 1 is 1.19 bits per heavy atom. The number of allylic oxidation sites excluding steroid dienone is 4. The van der Waals surface area contributed by atoms with E-state index >= 15 is 0 Å². The van der Waals surface area contributed by atoms with Crippen LogP contribution in [0.4, 0.5) is 0 Å². The molecule has 0 aromatic rings. The molecule has 2 amide bonds. The van der Waals surface area contributed by atoms with Crippen molar-refractivity contribution in [2.75, 3.05) is 20.8 Å². The van der Waals surface area contributed by atoms with Gasteiger partial charge in [-0.25, -0.2) is 4.99 Å². The molecule has 1 aliphatic heterocycles. The number of carbonyl (C=O) groups excluding carboxylic acids is 2. The molecule has 6 heteroatoms. The number of nitrogens with one attached hydrogen (secondary N) is 1. The van der Waals surface area contributed by atoms with Crippen LogP contribution in [-0.4, -0.2) is 38.3 Å². The zero-order valence-electron chi connectivity index (χ0n) is 15.4. The lowest BCUT2D eigenvalue weighted by atomic mass is 9.88. The Kier molecular flexibility index (Phi) is 5.91. The van der Waals surface area contributed by atoms with Crippen molar-refractivity contribution >= 4 is 17.5 Å². The van der Waals surface area contributed by atoms with Crippen molar-refractivity contribution < 1.29 is 19.1 Å². The number of aliphatic imine (C=N–C) groups is 1. The minimum Gasteiger partial charge on any atom is -0.500 e. The molecule has 3 rings (SSSR count). The molecule has 1 N–H and O–H groups in total. The van der Waals surface area contributed by atoms with Crippen LogP contribution in [0.2, 0.25) is 0 Å². The third kappa shape index (κ3) is 3.89. The van der Waals surface area contributed by atoms with Crippen LogP contribution in [0.5, 0.6) is 0 Å². The highest BCUT2D eigenvalue weighted by atomic mass is 16.5. The Morgan fingerprint density at radius 3 is 2.65 bits per heavy atom. The molecule has 0 bridgehead atoms. The Hall–Kier alpha value is -2.37. The molecular formula is C20H26N2O4. The zero-order valence-corrected chi connectivity index (χ0v) is 15.4. The summed E-state index contributed by atoms with van der Waals surface area (Å²) in [5.74, 6) is 1.04. The van der Waals surface area contributed by atoms with Gasteiger partial charge in [-0.15, -0.1) is 0 Å². The lowest BCUT2D eigenvalue weighted by Gasteiger charge is -2.26. The zero-order chi connectivity index (χ0) is 18.5. The van der Waals surface area contributed by atoms with Gasteiger partial charge in [0.05, 0.1) is 20.1 Å². The summed E-state index contributed by atoms with van der Waals surface area (Å²) in [7, 11) is 3.16. The lowest BCUT2D eigenvalue weighted by Crippen LogP contribution is -2.33. The Bertz CT molecular complexity index is 697. The van der Waals surface area contributed by atoms with Gasteiger partial charge in [0.1, 0.15) is 17.2 Å². The standard InChI is InChI=1S/C20H26N2O4/c1-25-16-8-9-17(26-2)18-15(16)12-14(20(24)22-18)10-11-21-19(23)13-6-4-3-5-7-13/h8-9,12-13,15H,3-7,10-11H2,1-2H3,(H,21,23). The second-order valence-corrected chi connectivity index (χ2v) is 6.86. The number of ether oxygens (including phenoxy) is 2. The Morgan fingerprint density at radius 2 is 1.96 bits per heavy atom. The molecule has 6 nitrogen and oxygen atoms in total. The predicted octanol–water partition coefficient (Wildman–Crippen LogP) is 2.67. The first-order valence-corrected chi connectivity index (χ1v) is 9.25. The van der Waals surface area contributed by atoms with Gasteiger partial charge in [0, 0.05) is 18.0 Å². The summed E-state index contributed by atoms with van der Waals surface area (Å²) < 4.78 is 10.7. The van der Waals surface area contributed by atoms with E-state index in [0.717, 1.165) is 31.4 Å². The van der Waals surface area contributed by atoms with Gasteiger partial charge < -0.3 is 14.8 Å². The molecule has 0 aromatic carbocycles. The average molecular weight is 358 g/mol. The lowest BCUT2D eigenvalue weighted by molar-refractivity contribution is -0.126. The van der Waals surface area contributed by atoms with E-state index in [0.29, 0.717) is 30.0 Å². The van der Waals surface area contributed by atoms with Crippen molar-refractivity contribution in [3.63, 3.8) is 0 Å². The van der Waals surface area contributed by atoms with Crippen LogP contribution >= 0.6 is 0 Å². The summed E-state index contributed by atoms with van der Waals surface area (Å²) in [5.41, 5.74) is 1.18. The molecule has 2 aliphatic carbocycles. The molecule has 3 aliphatic rings. The van der Waals surface area contributed by atoms with Crippen molar-refractivity contribution in [3.8, 4) is 0 Å². The van der Waals surface area contributed by atoms with E-state index < -0.39 is 0 Å². The first-order chi connectivity index (χ1) is 12.6. The summed E-state index contributed by atoms with van der Waals surface area (Å²) in [6.07, 6.45) is 11.3. The van der Waals surface area contributed by atoms with Crippen molar-refractivity contribution in [2.24, 2.45) is 16.8 Å². The molecule has 1 unspecified atom stereocenters. The normalized spacial score (nSPS) is 23.2. The van der Waals surface area contributed by atoms with Gasteiger partial charge in [-0.3, -0.25) is 9.59 Å². The minimum atomic E-state index is -0.275. The topological polar surface area (TPSA) is 77.0 Å². The number of amides is 2. The number of dihydropyridines is 1. The number of hydrogen-bond acceptors (Lipinski definition) is 4. The molecular weight excluding hydrogens is 332 g/mol. The highest BCUT2D eigenvalue weighted by molar-refractivity contribution is 6.15. The first kappa shape index (κ1) is 18.4. The molecule has 0 saturated heterocycles. The number of hydrogen-bond donors (Lipinski definition) is 1. The molecule has 0 radical (unpaired) electrons. The maximum absolute atomic E-state index is 12.4. The Balaban J connectivity index is 1.61. The van der Waals surface area contributed by atoms with Crippen LogP contribution in [0.1, 0.15) is 38.5 Å². The smallest absolute Gasteiger partial charge is 0.273 e. The van der Waals surface area contributed by atoms with E-state index in [1.807, 2.05) is 12.2 Å². The highest BCUT2D eigenvalue weighted by Gasteiger charge is 2.32. The summed E-state index contributed by atoms with van der Waals surface area (Å²) in [5, 5.41) is 2.98.